The van der Waals surface area contributed by atoms with E-state index >= 15 is 0 Å². The van der Waals surface area contributed by atoms with Crippen LogP contribution in [-0.4, -0.2) is 20.0 Å². The normalized spacial score (nSPS) is 14.5. The molecule has 2 rings (SSSR count). The van der Waals surface area contributed by atoms with E-state index in [2.05, 4.69) is 5.10 Å². The molecule has 17 heavy (non-hydrogen) atoms. The molecular weight excluding hydrogens is 216 g/mol. The van der Waals surface area contributed by atoms with Gasteiger partial charge in [0.15, 0.2) is 0 Å². The highest BCUT2D eigenvalue weighted by Gasteiger charge is 2.24. The van der Waals surface area contributed by atoms with E-state index in [1.54, 1.807) is 42.1 Å². The minimum absolute atomic E-state index is 0.200. The molecule has 1 atom stereocenters. The van der Waals surface area contributed by atoms with Crippen molar-refractivity contribution in [2.75, 3.05) is 0 Å². The lowest BCUT2D eigenvalue weighted by atomic mass is 9.90. The molecule has 0 spiro atoms. The van der Waals surface area contributed by atoms with Gasteiger partial charge in [-0.15, -0.1) is 0 Å². The van der Waals surface area contributed by atoms with E-state index in [-0.39, 0.29) is 5.75 Å². The van der Waals surface area contributed by atoms with Gasteiger partial charge in [0.2, 0.25) is 0 Å². The van der Waals surface area contributed by atoms with Crippen molar-refractivity contribution < 1.29 is 10.2 Å². The SMILES string of the molecule is Cn1cc(CC(C)(O)c2ccc(O)cc2)cn1. The van der Waals surface area contributed by atoms with Crippen molar-refractivity contribution >= 4 is 0 Å². The zero-order chi connectivity index (χ0) is 12.5. The average molecular weight is 232 g/mol. The molecule has 1 aromatic carbocycles. The average Bonchev–Trinajstić information content (AvgIpc) is 2.63. The molecule has 1 unspecified atom stereocenters. The van der Waals surface area contributed by atoms with Gasteiger partial charge in [0, 0.05) is 19.7 Å². The molecule has 0 bridgehead atoms. The largest absolute Gasteiger partial charge is 0.508 e. The highest BCUT2D eigenvalue weighted by atomic mass is 16.3. The van der Waals surface area contributed by atoms with Crippen molar-refractivity contribution in [2.24, 2.45) is 7.05 Å². The lowest BCUT2D eigenvalue weighted by Crippen LogP contribution is -2.23. The van der Waals surface area contributed by atoms with Gasteiger partial charge < -0.3 is 10.2 Å². The molecule has 0 radical (unpaired) electrons. The molecule has 2 N–H and O–H groups in total. The van der Waals surface area contributed by atoms with Crippen LogP contribution in [0, 0.1) is 0 Å². The van der Waals surface area contributed by atoms with Crippen LogP contribution >= 0.6 is 0 Å². The number of aromatic hydroxyl groups is 1. The first-order chi connectivity index (χ1) is 7.97. The number of hydrogen-bond donors (Lipinski definition) is 2. The lowest BCUT2D eigenvalue weighted by Gasteiger charge is -2.23. The van der Waals surface area contributed by atoms with Gasteiger partial charge in [0.05, 0.1) is 11.8 Å². The van der Waals surface area contributed by atoms with Crippen LogP contribution < -0.4 is 0 Å². The third-order valence-electron chi connectivity index (χ3n) is 2.80. The van der Waals surface area contributed by atoms with Crippen molar-refractivity contribution in [3.63, 3.8) is 0 Å². The van der Waals surface area contributed by atoms with Crippen LogP contribution in [0.5, 0.6) is 5.75 Å². The predicted octanol–water partition coefficient (Wildman–Crippen LogP) is 1.58. The first-order valence-electron chi connectivity index (χ1n) is 5.47. The molecule has 0 amide bonds. The van der Waals surface area contributed by atoms with E-state index in [4.69, 9.17) is 0 Å². The monoisotopic (exact) mass is 232 g/mol. The molecule has 0 fully saturated rings. The van der Waals surface area contributed by atoms with Gasteiger partial charge in [0.25, 0.3) is 0 Å². The summed E-state index contributed by atoms with van der Waals surface area (Å²) in [5.41, 5.74) is 0.793. The number of hydrogen-bond acceptors (Lipinski definition) is 3. The molecule has 0 aliphatic carbocycles. The summed E-state index contributed by atoms with van der Waals surface area (Å²) in [5, 5.41) is 23.7. The Balaban J connectivity index is 2.21. The Morgan fingerprint density at radius 3 is 2.47 bits per heavy atom. The maximum Gasteiger partial charge on any atom is 0.115 e. The second-order valence-electron chi connectivity index (χ2n) is 4.52. The first kappa shape index (κ1) is 11.7. The van der Waals surface area contributed by atoms with Gasteiger partial charge in [-0.05, 0) is 30.2 Å². The summed E-state index contributed by atoms with van der Waals surface area (Å²) < 4.78 is 1.71. The summed E-state index contributed by atoms with van der Waals surface area (Å²) in [6.45, 7) is 1.76. The van der Waals surface area contributed by atoms with E-state index in [0.29, 0.717) is 6.42 Å². The van der Waals surface area contributed by atoms with E-state index in [9.17, 15) is 10.2 Å². The second kappa shape index (κ2) is 4.22. The van der Waals surface area contributed by atoms with Crippen molar-refractivity contribution in [1.29, 1.82) is 0 Å². The van der Waals surface area contributed by atoms with Crippen molar-refractivity contribution in [3.05, 3.63) is 47.8 Å². The third kappa shape index (κ3) is 2.65. The molecule has 0 saturated heterocycles. The Morgan fingerprint density at radius 2 is 1.94 bits per heavy atom. The van der Waals surface area contributed by atoms with Crippen molar-refractivity contribution in [2.45, 2.75) is 18.9 Å². The quantitative estimate of drug-likeness (QED) is 0.844. The van der Waals surface area contributed by atoms with Gasteiger partial charge in [-0.2, -0.15) is 5.10 Å². The summed E-state index contributed by atoms with van der Waals surface area (Å²) in [4.78, 5) is 0. The number of phenols is 1. The number of phenolic OH excluding ortho intramolecular Hbond substituents is 1. The Bertz CT molecular complexity index is 500. The van der Waals surface area contributed by atoms with Crippen LogP contribution in [0.1, 0.15) is 18.1 Å². The zero-order valence-corrected chi connectivity index (χ0v) is 9.96. The number of aromatic nitrogens is 2. The molecule has 0 aliphatic rings. The number of aryl methyl sites for hydroxylation is 1. The zero-order valence-electron chi connectivity index (χ0n) is 9.96. The molecule has 4 nitrogen and oxygen atoms in total. The molecular formula is C13H16N2O2. The number of benzene rings is 1. The topological polar surface area (TPSA) is 58.3 Å². The first-order valence-corrected chi connectivity index (χ1v) is 5.47. The van der Waals surface area contributed by atoms with Crippen LogP contribution in [0.3, 0.4) is 0 Å². The van der Waals surface area contributed by atoms with Crippen molar-refractivity contribution in [3.8, 4) is 5.75 Å². The lowest BCUT2D eigenvalue weighted by molar-refractivity contribution is 0.0576. The maximum absolute atomic E-state index is 10.4. The highest BCUT2D eigenvalue weighted by molar-refractivity contribution is 5.30. The van der Waals surface area contributed by atoms with Crippen molar-refractivity contribution in [1.82, 2.24) is 9.78 Å². The Labute approximate surface area is 100 Å². The Morgan fingerprint density at radius 1 is 1.29 bits per heavy atom. The summed E-state index contributed by atoms with van der Waals surface area (Å²) in [5.74, 6) is 0.200. The van der Waals surface area contributed by atoms with E-state index in [1.807, 2.05) is 13.2 Å². The fourth-order valence-electron chi connectivity index (χ4n) is 1.88. The minimum atomic E-state index is -0.962. The van der Waals surface area contributed by atoms with Crippen LogP contribution in [-0.2, 0) is 19.1 Å². The molecule has 4 heteroatoms. The van der Waals surface area contributed by atoms with Crippen LogP contribution in [0.25, 0.3) is 0 Å². The van der Waals surface area contributed by atoms with E-state index in [0.717, 1.165) is 11.1 Å². The molecule has 0 aliphatic heterocycles. The smallest absolute Gasteiger partial charge is 0.115 e. The second-order valence-corrected chi connectivity index (χ2v) is 4.52. The molecule has 1 heterocycles. The fraction of sp³-hybridized carbons (Fsp3) is 0.308. The highest BCUT2D eigenvalue weighted by Crippen LogP contribution is 2.26. The van der Waals surface area contributed by atoms with Gasteiger partial charge >= 0.3 is 0 Å². The summed E-state index contributed by atoms with van der Waals surface area (Å²) >= 11 is 0. The number of rotatable bonds is 3. The maximum atomic E-state index is 10.4. The summed E-state index contributed by atoms with van der Waals surface area (Å²) in [7, 11) is 1.85. The number of aliphatic hydroxyl groups is 1. The Kier molecular flexibility index (Phi) is 2.90. The van der Waals surface area contributed by atoms with Gasteiger partial charge in [0.1, 0.15) is 5.75 Å². The molecule has 2 aromatic rings. The standard InChI is InChI=1S/C13H16N2O2/c1-13(17,7-10-8-14-15(2)9-10)11-3-5-12(16)6-4-11/h3-6,8-9,16-17H,7H2,1-2H3. The summed E-state index contributed by atoms with van der Waals surface area (Å²) in [6, 6.07) is 6.61. The van der Waals surface area contributed by atoms with Gasteiger partial charge in [-0.1, -0.05) is 12.1 Å². The minimum Gasteiger partial charge on any atom is -0.508 e. The van der Waals surface area contributed by atoms with Gasteiger partial charge in [-0.3, -0.25) is 4.68 Å². The predicted molar refractivity (Wildman–Crippen MR) is 64.6 cm³/mol. The molecule has 90 valence electrons. The molecule has 1 aromatic heterocycles. The van der Waals surface area contributed by atoms with Crippen LogP contribution in [0.15, 0.2) is 36.7 Å². The Hall–Kier alpha value is -1.81. The van der Waals surface area contributed by atoms with E-state index < -0.39 is 5.60 Å². The van der Waals surface area contributed by atoms with Crippen LogP contribution in [0.4, 0.5) is 0 Å². The summed E-state index contributed by atoms with van der Waals surface area (Å²) in [6.07, 6.45) is 4.12. The third-order valence-corrected chi connectivity index (χ3v) is 2.80. The molecule has 0 saturated carbocycles. The van der Waals surface area contributed by atoms with Crippen LogP contribution in [0.2, 0.25) is 0 Å². The number of nitrogens with zero attached hydrogens (tertiary/aromatic N) is 2. The van der Waals surface area contributed by atoms with E-state index in [1.165, 1.54) is 0 Å². The van der Waals surface area contributed by atoms with Gasteiger partial charge in [-0.25, -0.2) is 0 Å². The fourth-order valence-corrected chi connectivity index (χ4v) is 1.88.